The maximum atomic E-state index is 13.3. The van der Waals surface area contributed by atoms with Crippen LogP contribution in [0.2, 0.25) is 0 Å². The van der Waals surface area contributed by atoms with Gasteiger partial charge in [-0.15, -0.1) is 0 Å². The maximum absolute atomic E-state index is 13.3. The molecule has 3 rings (SSSR count). The molecule has 0 amide bonds. The second-order valence-corrected chi connectivity index (χ2v) is 6.39. The zero-order chi connectivity index (χ0) is 15.5. The van der Waals surface area contributed by atoms with Gasteiger partial charge in [0.25, 0.3) is 0 Å². The fraction of sp³-hybridized carbons (Fsp3) is 0.467. The number of aryl methyl sites for hydroxylation is 1. The first-order valence-electron chi connectivity index (χ1n) is 7.28. The van der Waals surface area contributed by atoms with Gasteiger partial charge in [-0.1, -0.05) is 11.2 Å². The van der Waals surface area contributed by atoms with E-state index in [2.05, 4.69) is 35.9 Å². The number of hydrogen-bond acceptors (Lipinski definition) is 5. The second kappa shape index (κ2) is 6.85. The normalized spacial score (nSPS) is 17.0. The lowest BCUT2D eigenvalue weighted by Crippen LogP contribution is -2.45. The smallest absolute Gasteiger partial charge is 0.240 e. The average molecular weight is 369 g/mol. The lowest BCUT2D eigenvalue weighted by molar-refractivity contribution is 0.112. The highest BCUT2D eigenvalue weighted by Crippen LogP contribution is 2.18. The Balaban J connectivity index is 1.50. The van der Waals surface area contributed by atoms with E-state index in [0.717, 1.165) is 38.3 Å². The van der Waals surface area contributed by atoms with Crippen molar-refractivity contribution in [3.63, 3.8) is 0 Å². The van der Waals surface area contributed by atoms with E-state index < -0.39 is 0 Å². The van der Waals surface area contributed by atoms with Gasteiger partial charge in [0.1, 0.15) is 5.82 Å². The van der Waals surface area contributed by atoms with Gasteiger partial charge in [0, 0.05) is 32.7 Å². The highest BCUT2D eigenvalue weighted by Gasteiger charge is 2.19. The van der Waals surface area contributed by atoms with Gasteiger partial charge < -0.3 is 4.52 Å². The van der Waals surface area contributed by atoms with Crippen molar-refractivity contribution in [2.45, 2.75) is 20.0 Å². The second-order valence-electron chi connectivity index (χ2n) is 5.54. The van der Waals surface area contributed by atoms with Gasteiger partial charge in [0.05, 0.1) is 11.0 Å². The lowest BCUT2D eigenvalue weighted by atomic mass is 10.2. The first-order valence-corrected chi connectivity index (χ1v) is 8.07. The molecule has 2 aromatic rings. The number of halogens is 2. The summed E-state index contributed by atoms with van der Waals surface area (Å²) in [5.74, 6) is 1.13. The average Bonchev–Trinajstić information content (AvgIpc) is 2.90. The zero-order valence-electron chi connectivity index (χ0n) is 12.4. The van der Waals surface area contributed by atoms with Gasteiger partial charge >= 0.3 is 0 Å². The Morgan fingerprint density at radius 1 is 1.18 bits per heavy atom. The standard InChI is InChI=1S/C15H18BrFN4O/c1-11-18-15(22-19-11)10-21-6-4-20(5-7-21)9-12-2-3-14(17)13(16)8-12/h2-3,8H,4-7,9-10H2,1H3. The number of rotatable bonds is 4. The van der Waals surface area contributed by atoms with Crippen molar-refractivity contribution in [1.29, 1.82) is 0 Å². The van der Waals surface area contributed by atoms with Crippen molar-refractivity contribution in [2.24, 2.45) is 0 Å². The third-order valence-electron chi connectivity index (χ3n) is 3.78. The molecule has 0 atom stereocenters. The van der Waals surface area contributed by atoms with Crippen molar-refractivity contribution < 1.29 is 8.91 Å². The molecule has 118 valence electrons. The van der Waals surface area contributed by atoms with Crippen LogP contribution in [-0.4, -0.2) is 46.1 Å². The van der Waals surface area contributed by atoms with Gasteiger partial charge in [0.15, 0.2) is 5.82 Å². The summed E-state index contributed by atoms with van der Waals surface area (Å²) in [5.41, 5.74) is 1.12. The Labute approximate surface area is 137 Å². The minimum atomic E-state index is -0.219. The number of benzene rings is 1. The van der Waals surface area contributed by atoms with Crippen LogP contribution in [0.3, 0.4) is 0 Å². The minimum absolute atomic E-state index is 0.219. The van der Waals surface area contributed by atoms with Gasteiger partial charge in [-0.05, 0) is 40.5 Å². The number of hydrogen-bond donors (Lipinski definition) is 0. The van der Waals surface area contributed by atoms with E-state index >= 15 is 0 Å². The molecule has 1 aliphatic heterocycles. The van der Waals surface area contributed by atoms with E-state index in [1.807, 2.05) is 19.1 Å². The number of nitrogens with zero attached hydrogens (tertiary/aromatic N) is 4. The molecule has 2 heterocycles. The third-order valence-corrected chi connectivity index (χ3v) is 4.39. The van der Waals surface area contributed by atoms with Crippen LogP contribution < -0.4 is 0 Å². The molecule has 1 aliphatic rings. The molecule has 7 heteroatoms. The summed E-state index contributed by atoms with van der Waals surface area (Å²) in [4.78, 5) is 8.92. The molecule has 0 aliphatic carbocycles. The van der Waals surface area contributed by atoms with Crippen molar-refractivity contribution in [3.8, 4) is 0 Å². The molecule has 0 bridgehead atoms. The molecule has 1 saturated heterocycles. The van der Waals surface area contributed by atoms with Crippen molar-refractivity contribution in [3.05, 3.63) is 45.8 Å². The van der Waals surface area contributed by atoms with E-state index in [9.17, 15) is 4.39 Å². The van der Waals surface area contributed by atoms with Crippen LogP contribution in [0.1, 0.15) is 17.3 Å². The van der Waals surface area contributed by atoms with Crippen LogP contribution in [-0.2, 0) is 13.1 Å². The highest BCUT2D eigenvalue weighted by molar-refractivity contribution is 9.10. The molecule has 0 unspecified atom stereocenters. The van der Waals surface area contributed by atoms with E-state index in [1.54, 1.807) is 0 Å². The molecular weight excluding hydrogens is 351 g/mol. The minimum Gasteiger partial charge on any atom is -0.338 e. The van der Waals surface area contributed by atoms with Crippen LogP contribution in [0, 0.1) is 12.7 Å². The molecule has 22 heavy (non-hydrogen) atoms. The summed E-state index contributed by atoms with van der Waals surface area (Å²) in [6.07, 6.45) is 0. The van der Waals surface area contributed by atoms with E-state index in [0.29, 0.717) is 22.7 Å². The fourth-order valence-corrected chi connectivity index (χ4v) is 3.02. The first-order chi connectivity index (χ1) is 10.6. The summed E-state index contributed by atoms with van der Waals surface area (Å²) in [6.45, 7) is 7.24. The van der Waals surface area contributed by atoms with Crippen LogP contribution >= 0.6 is 15.9 Å². The predicted octanol–water partition coefficient (Wildman–Crippen LogP) is 2.60. The van der Waals surface area contributed by atoms with Crippen LogP contribution in [0.15, 0.2) is 27.2 Å². The summed E-state index contributed by atoms with van der Waals surface area (Å²) in [6, 6.07) is 5.20. The summed E-state index contributed by atoms with van der Waals surface area (Å²) >= 11 is 3.23. The molecule has 0 radical (unpaired) electrons. The first kappa shape index (κ1) is 15.6. The Kier molecular flexibility index (Phi) is 4.85. The van der Waals surface area contributed by atoms with Gasteiger partial charge in [-0.3, -0.25) is 9.80 Å². The van der Waals surface area contributed by atoms with E-state index in [-0.39, 0.29) is 5.82 Å². The quantitative estimate of drug-likeness (QED) is 0.829. The largest absolute Gasteiger partial charge is 0.338 e. The van der Waals surface area contributed by atoms with E-state index in [4.69, 9.17) is 4.52 Å². The molecule has 0 spiro atoms. The van der Waals surface area contributed by atoms with Crippen molar-refractivity contribution in [2.75, 3.05) is 26.2 Å². The summed E-state index contributed by atoms with van der Waals surface area (Å²) in [5, 5.41) is 3.81. The van der Waals surface area contributed by atoms with Crippen LogP contribution in [0.5, 0.6) is 0 Å². The highest BCUT2D eigenvalue weighted by atomic mass is 79.9. The number of aromatic nitrogens is 2. The Morgan fingerprint density at radius 3 is 2.45 bits per heavy atom. The maximum Gasteiger partial charge on any atom is 0.240 e. The van der Waals surface area contributed by atoms with Crippen LogP contribution in [0.25, 0.3) is 0 Å². The Bertz CT molecular complexity index is 640. The molecule has 1 fully saturated rings. The zero-order valence-corrected chi connectivity index (χ0v) is 14.0. The molecule has 1 aromatic carbocycles. The van der Waals surface area contributed by atoms with Gasteiger partial charge in [-0.2, -0.15) is 4.98 Å². The summed E-state index contributed by atoms with van der Waals surface area (Å²) in [7, 11) is 0. The van der Waals surface area contributed by atoms with Crippen molar-refractivity contribution >= 4 is 15.9 Å². The molecule has 5 nitrogen and oxygen atoms in total. The SMILES string of the molecule is Cc1noc(CN2CCN(Cc3ccc(F)c(Br)c3)CC2)n1. The van der Waals surface area contributed by atoms with Gasteiger partial charge in [-0.25, -0.2) is 4.39 Å². The molecule has 0 saturated carbocycles. The monoisotopic (exact) mass is 368 g/mol. The third kappa shape index (κ3) is 3.91. The van der Waals surface area contributed by atoms with Crippen LogP contribution in [0.4, 0.5) is 4.39 Å². The van der Waals surface area contributed by atoms with Crippen molar-refractivity contribution in [1.82, 2.24) is 19.9 Å². The number of piperazine rings is 1. The predicted molar refractivity (Wildman–Crippen MR) is 83.7 cm³/mol. The Morgan fingerprint density at radius 2 is 1.86 bits per heavy atom. The molecular formula is C15H18BrFN4O. The Hall–Kier alpha value is -1.31. The van der Waals surface area contributed by atoms with E-state index in [1.165, 1.54) is 6.07 Å². The molecule has 1 aromatic heterocycles. The fourth-order valence-electron chi connectivity index (χ4n) is 2.60. The lowest BCUT2D eigenvalue weighted by Gasteiger charge is -2.33. The van der Waals surface area contributed by atoms with Gasteiger partial charge in [0.2, 0.25) is 5.89 Å². The topological polar surface area (TPSA) is 45.4 Å². The molecule has 0 N–H and O–H groups in total. The summed E-state index contributed by atoms with van der Waals surface area (Å²) < 4.78 is 18.9.